The molecule has 1 N–H and O–H groups in total. The van der Waals surface area contributed by atoms with E-state index in [1.807, 2.05) is 0 Å². The molecule has 0 spiro atoms. The number of hydrogen-bond acceptors (Lipinski definition) is 2. The molecule has 0 amide bonds. The summed E-state index contributed by atoms with van der Waals surface area (Å²) >= 11 is 0. The van der Waals surface area contributed by atoms with Crippen molar-refractivity contribution in [1.82, 2.24) is 0 Å². The second-order valence-electron chi connectivity index (χ2n) is 3.54. The SMILES string of the molecule is CN(CC(F)(F)F)c1c(F)cc(CO)cc1F. The predicted octanol–water partition coefficient (Wildman–Crippen LogP) is 2.46. The van der Waals surface area contributed by atoms with Crippen LogP contribution in [0.4, 0.5) is 27.6 Å². The average molecular weight is 255 g/mol. The fourth-order valence-electron chi connectivity index (χ4n) is 1.42. The Morgan fingerprint density at radius 2 is 1.65 bits per heavy atom. The van der Waals surface area contributed by atoms with Gasteiger partial charge in [-0.1, -0.05) is 0 Å². The van der Waals surface area contributed by atoms with Crippen molar-refractivity contribution >= 4 is 5.69 Å². The molecule has 7 heteroatoms. The number of aliphatic hydroxyl groups excluding tert-OH is 1. The third kappa shape index (κ3) is 3.55. The summed E-state index contributed by atoms with van der Waals surface area (Å²) in [7, 11) is 0.938. The Kier molecular flexibility index (Phi) is 3.92. The first-order valence-corrected chi connectivity index (χ1v) is 4.61. The molecule has 0 aliphatic heterocycles. The van der Waals surface area contributed by atoms with Gasteiger partial charge in [0, 0.05) is 7.05 Å². The van der Waals surface area contributed by atoms with Gasteiger partial charge in [-0.05, 0) is 17.7 Å². The third-order valence-corrected chi connectivity index (χ3v) is 2.06. The number of anilines is 1. The molecule has 0 bridgehead atoms. The molecule has 0 saturated heterocycles. The second-order valence-corrected chi connectivity index (χ2v) is 3.54. The lowest BCUT2D eigenvalue weighted by molar-refractivity contribution is -0.119. The van der Waals surface area contributed by atoms with Gasteiger partial charge in [-0.15, -0.1) is 0 Å². The maximum Gasteiger partial charge on any atom is 0.405 e. The van der Waals surface area contributed by atoms with E-state index in [-0.39, 0.29) is 5.56 Å². The Morgan fingerprint density at radius 1 is 1.18 bits per heavy atom. The van der Waals surface area contributed by atoms with Gasteiger partial charge in [-0.25, -0.2) is 8.78 Å². The van der Waals surface area contributed by atoms with Crippen LogP contribution < -0.4 is 4.90 Å². The molecule has 0 aliphatic carbocycles. The summed E-state index contributed by atoms with van der Waals surface area (Å²) in [5, 5.41) is 8.68. The topological polar surface area (TPSA) is 23.5 Å². The number of benzene rings is 1. The van der Waals surface area contributed by atoms with Crippen molar-refractivity contribution in [1.29, 1.82) is 0 Å². The summed E-state index contributed by atoms with van der Waals surface area (Å²) in [5.41, 5.74) is -0.802. The van der Waals surface area contributed by atoms with Crippen molar-refractivity contribution in [2.45, 2.75) is 12.8 Å². The van der Waals surface area contributed by atoms with Crippen molar-refractivity contribution in [2.24, 2.45) is 0 Å². The van der Waals surface area contributed by atoms with Gasteiger partial charge in [0.1, 0.15) is 23.9 Å². The van der Waals surface area contributed by atoms with E-state index in [2.05, 4.69) is 0 Å². The summed E-state index contributed by atoms with van der Waals surface area (Å²) in [6.07, 6.45) is -4.55. The quantitative estimate of drug-likeness (QED) is 0.839. The van der Waals surface area contributed by atoms with E-state index < -0.39 is 36.6 Å². The molecule has 1 rings (SSSR count). The smallest absolute Gasteiger partial charge is 0.392 e. The van der Waals surface area contributed by atoms with E-state index in [0.717, 1.165) is 19.2 Å². The zero-order valence-electron chi connectivity index (χ0n) is 8.85. The zero-order chi connectivity index (χ0) is 13.2. The van der Waals surface area contributed by atoms with E-state index in [9.17, 15) is 22.0 Å². The number of nitrogens with zero attached hydrogens (tertiary/aromatic N) is 1. The lowest BCUT2D eigenvalue weighted by Gasteiger charge is -2.22. The Bertz CT molecular complexity index is 381. The van der Waals surface area contributed by atoms with Crippen molar-refractivity contribution in [3.8, 4) is 0 Å². The summed E-state index contributed by atoms with van der Waals surface area (Å²) in [6, 6.07) is 1.59. The Morgan fingerprint density at radius 3 is 2.00 bits per heavy atom. The predicted molar refractivity (Wildman–Crippen MR) is 51.6 cm³/mol. The first-order chi connectivity index (χ1) is 7.74. The highest BCUT2D eigenvalue weighted by Crippen LogP contribution is 2.27. The van der Waals surface area contributed by atoms with E-state index in [1.165, 1.54) is 0 Å². The van der Waals surface area contributed by atoms with Crippen molar-refractivity contribution in [3.05, 3.63) is 29.3 Å². The minimum absolute atomic E-state index is 0.0378. The largest absolute Gasteiger partial charge is 0.405 e. The van der Waals surface area contributed by atoms with Crippen molar-refractivity contribution in [3.63, 3.8) is 0 Å². The van der Waals surface area contributed by atoms with Crippen LogP contribution >= 0.6 is 0 Å². The highest BCUT2D eigenvalue weighted by Gasteiger charge is 2.31. The highest BCUT2D eigenvalue weighted by molar-refractivity contribution is 5.50. The molecule has 0 atom stereocenters. The number of aliphatic hydroxyl groups is 1. The van der Waals surface area contributed by atoms with Gasteiger partial charge >= 0.3 is 6.18 Å². The van der Waals surface area contributed by atoms with Crippen LogP contribution in [-0.2, 0) is 6.61 Å². The Balaban J connectivity index is 3.06. The zero-order valence-corrected chi connectivity index (χ0v) is 8.85. The summed E-state index contributed by atoms with van der Waals surface area (Å²) in [5.74, 6) is -2.28. The van der Waals surface area contributed by atoms with Gasteiger partial charge in [-0.2, -0.15) is 13.2 Å². The molecule has 0 fully saturated rings. The van der Waals surface area contributed by atoms with Crippen LogP contribution in [0, 0.1) is 11.6 Å². The van der Waals surface area contributed by atoms with Gasteiger partial charge in [-0.3, -0.25) is 0 Å². The van der Waals surface area contributed by atoms with Crippen LogP contribution in [0.1, 0.15) is 5.56 Å². The lowest BCUT2D eigenvalue weighted by Crippen LogP contribution is -2.32. The van der Waals surface area contributed by atoms with Crippen LogP contribution in [0.2, 0.25) is 0 Å². The fourth-order valence-corrected chi connectivity index (χ4v) is 1.42. The molecule has 0 radical (unpaired) electrons. The molecule has 2 nitrogen and oxygen atoms in total. The Labute approximate surface area is 94.3 Å². The average Bonchev–Trinajstić information content (AvgIpc) is 2.13. The Hall–Kier alpha value is -1.37. The highest BCUT2D eigenvalue weighted by atomic mass is 19.4. The van der Waals surface area contributed by atoms with Gasteiger partial charge in [0.25, 0.3) is 0 Å². The standard InChI is InChI=1S/C10H10F5NO/c1-16(5-10(13,14)15)9-7(11)2-6(4-17)3-8(9)12/h2-3,17H,4-5H2,1H3. The van der Waals surface area contributed by atoms with Gasteiger partial charge in [0.05, 0.1) is 6.61 Å². The molecule has 1 aromatic rings. The van der Waals surface area contributed by atoms with Crippen LogP contribution in [0.3, 0.4) is 0 Å². The van der Waals surface area contributed by atoms with E-state index in [1.54, 1.807) is 0 Å². The van der Waals surface area contributed by atoms with Gasteiger partial charge < -0.3 is 10.0 Å². The van der Waals surface area contributed by atoms with Gasteiger partial charge in [0.15, 0.2) is 0 Å². The molecule has 0 aromatic heterocycles. The lowest BCUT2D eigenvalue weighted by atomic mass is 10.2. The summed E-state index contributed by atoms with van der Waals surface area (Å²) in [4.78, 5) is 0.436. The first-order valence-electron chi connectivity index (χ1n) is 4.61. The van der Waals surface area contributed by atoms with E-state index in [0.29, 0.717) is 4.90 Å². The molecular formula is C10H10F5NO. The number of hydrogen-bond donors (Lipinski definition) is 1. The molecule has 0 heterocycles. The summed E-state index contributed by atoms with van der Waals surface area (Å²) < 4.78 is 62.9. The molecule has 0 aliphatic rings. The van der Waals surface area contributed by atoms with Crippen molar-refractivity contribution in [2.75, 3.05) is 18.5 Å². The normalized spacial score (nSPS) is 11.7. The molecule has 17 heavy (non-hydrogen) atoms. The molecule has 0 unspecified atom stereocenters. The molecular weight excluding hydrogens is 245 g/mol. The molecule has 0 saturated carbocycles. The maximum atomic E-state index is 13.4. The minimum Gasteiger partial charge on any atom is -0.392 e. The van der Waals surface area contributed by atoms with Gasteiger partial charge in [0.2, 0.25) is 0 Å². The van der Waals surface area contributed by atoms with E-state index in [4.69, 9.17) is 5.11 Å². The van der Waals surface area contributed by atoms with E-state index >= 15 is 0 Å². The number of rotatable bonds is 3. The minimum atomic E-state index is -4.55. The monoisotopic (exact) mass is 255 g/mol. The van der Waals surface area contributed by atoms with Crippen molar-refractivity contribution < 1.29 is 27.1 Å². The molecule has 96 valence electrons. The van der Waals surface area contributed by atoms with Crippen LogP contribution in [0.5, 0.6) is 0 Å². The molecule has 1 aromatic carbocycles. The fraction of sp³-hybridized carbons (Fsp3) is 0.400. The van der Waals surface area contributed by atoms with Crippen LogP contribution in [0.15, 0.2) is 12.1 Å². The second kappa shape index (κ2) is 4.87. The van der Waals surface area contributed by atoms with Crippen LogP contribution in [-0.4, -0.2) is 24.9 Å². The summed E-state index contributed by atoms with van der Waals surface area (Å²) in [6.45, 7) is -2.05. The number of halogens is 5. The third-order valence-electron chi connectivity index (χ3n) is 2.06. The van der Waals surface area contributed by atoms with Crippen LogP contribution in [0.25, 0.3) is 0 Å². The first kappa shape index (κ1) is 13.7. The maximum absolute atomic E-state index is 13.4. The number of alkyl halides is 3.